The molecule has 4 aromatic rings. The van der Waals surface area contributed by atoms with Crippen LogP contribution in [0, 0.1) is 7.43 Å². The minimum atomic E-state index is -0.338. The second-order valence-corrected chi connectivity index (χ2v) is 16.2. The molecule has 0 aliphatic carbocycles. The van der Waals surface area contributed by atoms with Gasteiger partial charge in [-0.3, -0.25) is 9.59 Å². The number of hydrogen-bond donors (Lipinski definition) is 2. The van der Waals surface area contributed by atoms with Gasteiger partial charge >= 0.3 is 0 Å². The van der Waals surface area contributed by atoms with E-state index < -0.39 is 0 Å². The van der Waals surface area contributed by atoms with Crippen LogP contribution in [0.4, 0.5) is 0 Å². The largest absolute Gasteiger partial charge is 0.508 e. The van der Waals surface area contributed by atoms with Crippen LogP contribution in [-0.2, 0) is 195 Å². The summed E-state index contributed by atoms with van der Waals surface area (Å²) >= 11 is 0. The molecule has 2 N–H and O–H groups in total. The maximum atomic E-state index is 12.8. The van der Waals surface area contributed by atoms with Crippen LogP contribution in [-0.4, -0.2) is 33.0 Å². The Labute approximate surface area is 471 Å². The average Bonchev–Trinajstić information content (AvgIpc) is 2.94. The van der Waals surface area contributed by atoms with Gasteiger partial charge in [0.15, 0.2) is 11.6 Å². The maximum Gasteiger partial charge on any atom is 0.193 e. The molecule has 55 heavy (non-hydrogen) atoms. The first-order valence-electron chi connectivity index (χ1n) is 16.3. The van der Waals surface area contributed by atoms with E-state index in [0.29, 0.717) is 28.0 Å². The topological polar surface area (TPSA) is 93.1 Å². The Hall–Kier alpha value is 1.63. The number of aromatic hydroxyl groups is 2. The van der Waals surface area contributed by atoms with Crippen LogP contribution < -0.4 is 9.47 Å². The zero-order valence-corrected chi connectivity index (χ0v) is 52.0. The van der Waals surface area contributed by atoms with Crippen molar-refractivity contribution in [2.45, 2.75) is 105 Å². The van der Waals surface area contributed by atoms with Gasteiger partial charge in [-0.25, -0.2) is 0 Å². The van der Waals surface area contributed by atoms with Crippen LogP contribution in [0.5, 0.6) is 23.0 Å². The van der Waals surface area contributed by atoms with E-state index in [9.17, 15) is 19.8 Å². The van der Waals surface area contributed by atoms with Crippen molar-refractivity contribution in [3.63, 3.8) is 0 Å². The third kappa shape index (κ3) is 22.9. The van der Waals surface area contributed by atoms with E-state index in [0.717, 1.165) is 16.9 Å². The van der Waals surface area contributed by atoms with Crippen molar-refractivity contribution in [3.8, 4) is 23.0 Å². The summed E-state index contributed by atoms with van der Waals surface area (Å²) in [6.45, 7) is 24.4. The second-order valence-electron chi connectivity index (χ2n) is 16.2. The molecule has 0 saturated carbocycles. The molecule has 5 radical (unpaired) electrons. The average molecular weight is 1300 g/mol. The van der Waals surface area contributed by atoms with Crippen molar-refractivity contribution in [2.24, 2.45) is 0 Å². The number of benzene rings is 4. The Kier molecular flexibility index (Phi) is 32.9. The molecule has 0 aliphatic rings. The van der Waals surface area contributed by atoms with E-state index in [2.05, 4.69) is 41.5 Å². The molecule has 0 amide bonds. The molecule has 0 spiro atoms. The van der Waals surface area contributed by atoms with Crippen LogP contribution in [0.15, 0.2) is 84.9 Å². The number of carbonyl (C=O) groups excluding carboxylic acids is 2. The second kappa shape index (κ2) is 27.5. The maximum absolute atomic E-state index is 12.8. The molecule has 4 rings (SSSR count). The Morgan fingerprint density at radius 3 is 1.16 bits per heavy atom. The molecule has 12 heteroatoms. The predicted molar refractivity (Wildman–Crippen MR) is 201 cm³/mol. The van der Waals surface area contributed by atoms with Crippen molar-refractivity contribution in [1.29, 1.82) is 0 Å². The number of carbonyl (C=O) groups is 2. The van der Waals surface area contributed by atoms with Crippen molar-refractivity contribution in [1.82, 2.24) is 0 Å². The van der Waals surface area contributed by atoms with E-state index in [1.807, 2.05) is 59.7 Å². The van der Waals surface area contributed by atoms with Crippen molar-refractivity contribution >= 4 is 11.6 Å². The van der Waals surface area contributed by atoms with Crippen LogP contribution in [0.1, 0.15) is 126 Å². The fourth-order valence-electron chi connectivity index (χ4n) is 4.72. The molecular weight excluding hydrogens is 1240 g/mol. The number of phenols is 2. The normalized spacial score (nSPS) is 10.5. The molecule has 0 saturated heterocycles. The summed E-state index contributed by atoms with van der Waals surface area (Å²) in [4.78, 5) is 25.5. The number of rotatable bonds is 6. The monoisotopic (exact) mass is 1300 g/mol. The number of ketones is 2. The molecule has 0 aliphatic heterocycles. The Morgan fingerprint density at radius 2 is 0.782 bits per heavy atom. The summed E-state index contributed by atoms with van der Waals surface area (Å²) in [6, 6.07) is 24.2. The predicted octanol–water partition coefficient (Wildman–Crippen LogP) is 10.6. The zero-order chi connectivity index (χ0) is 36.2. The summed E-state index contributed by atoms with van der Waals surface area (Å²) in [7, 11) is 0. The van der Waals surface area contributed by atoms with Crippen LogP contribution in [0.2, 0.25) is 0 Å². The van der Waals surface area contributed by atoms with Crippen LogP contribution in [0.3, 0.4) is 0 Å². The van der Waals surface area contributed by atoms with Gasteiger partial charge in [0.25, 0.3) is 0 Å². The summed E-state index contributed by atoms with van der Waals surface area (Å²) in [6.07, 6.45) is 0. The minimum Gasteiger partial charge on any atom is -0.508 e. The molecule has 0 aromatic heterocycles. The molecule has 0 atom stereocenters. The first-order valence-corrected chi connectivity index (χ1v) is 16.3. The van der Waals surface area contributed by atoms with E-state index in [-0.39, 0.29) is 237 Å². The molecule has 4 aromatic carbocycles. The quantitative estimate of drug-likeness (QED) is 0.148. The minimum absolute atomic E-state index is 0. The smallest absolute Gasteiger partial charge is 0.193 e. The first kappa shape index (κ1) is 65.7. The number of ether oxygens (including phenoxy) is 2. The summed E-state index contributed by atoms with van der Waals surface area (Å²) in [5.74, 6) is 1.48. The van der Waals surface area contributed by atoms with Crippen molar-refractivity contribution in [3.05, 3.63) is 126 Å². The zero-order valence-electron chi connectivity index (χ0n) is 34.9. The van der Waals surface area contributed by atoms with Gasteiger partial charge in [-0.05, 0) is 148 Å². The number of phenolic OH excluding ortho intramolecular Hbond substituents is 2. The molecule has 0 fully saturated rings. The third-order valence-corrected chi connectivity index (χ3v) is 7.17. The van der Waals surface area contributed by atoms with E-state index >= 15 is 0 Å². The summed E-state index contributed by atoms with van der Waals surface area (Å²) in [5, 5.41) is 19.4. The van der Waals surface area contributed by atoms with Crippen LogP contribution in [0.25, 0.3) is 0 Å². The Balaban J connectivity index is -0.000000269. The van der Waals surface area contributed by atoms with Gasteiger partial charge in [0.05, 0.1) is 0 Å². The molecule has 0 unspecified atom stereocenters. The van der Waals surface area contributed by atoms with Crippen molar-refractivity contribution in [2.75, 3.05) is 0 Å². The fraction of sp³-hybridized carbons (Fsp3) is 0.372. The molecular formula is C43H55O6WY5-. The molecule has 0 heterocycles. The third-order valence-electron chi connectivity index (χ3n) is 7.17. The molecule has 285 valence electrons. The van der Waals surface area contributed by atoms with E-state index in [1.165, 1.54) is 18.2 Å². The summed E-state index contributed by atoms with van der Waals surface area (Å²) < 4.78 is 11.8. The van der Waals surface area contributed by atoms with Gasteiger partial charge in [-0.1, -0.05) is 41.5 Å². The van der Waals surface area contributed by atoms with Gasteiger partial charge in [0, 0.05) is 207 Å². The Morgan fingerprint density at radius 1 is 0.436 bits per heavy atom. The van der Waals surface area contributed by atoms with E-state index in [1.54, 1.807) is 48.5 Å². The van der Waals surface area contributed by atoms with Gasteiger partial charge in [-0.15, -0.1) is 0 Å². The molecule has 6 nitrogen and oxygen atoms in total. The van der Waals surface area contributed by atoms with Crippen molar-refractivity contribution < 1.29 is 214 Å². The SMILES string of the molecule is CC(C)(C)Oc1cc(C(=O)c2ccc(O)cc2)cc(C(C)(C)C)c1.CC(C)(C)Oc1ccc(C(=O)c2cc(O)cc(C(C)(C)C)c2)cc1.[CH3-].[W].[Y].[Y].[Y].[Y].[Y]. The van der Waals surface area contributed by atoms with Crippen LogP contribution >= 0.6 is 0 Å². The fourth-order valence-corrected chi connectivity index (χ4v) is 4.72. The molecule has 0 bridgehead atoms. The standard InChI is InChI=1S/2C21H26O3.CH3.W.5Y/c1-20(2,3)16-11-15(12-17(22)13-16)19(23)14-7-9-18(10-8-14)24-21(4,5)6;1-20(2,3)16-11-15(12-18(13-16)24-21(4,5)6)19(23)14-7-9-17(22)10-8-14;;;;;;;/h2*7-13,22H,1-6H3;1H3;;;;;;/q;;-1;;;;;;. The Bertz CT molecular complexity index is 1750. The van der Waals surface area contributed by atoms with Gasteiger partial charge in [0.1, 0.15) is 34.2 Å². The first-order chi connectivity index (χ1) is 21.9. The van der Waals surface area contributed by atoms with E-state index in [4.69, 9.17) is 9.47 Å². The number of hydrogen-bond acceptors (Lipinski definition) is 6. The summed E-state index contributed by atoms with van der Waals surface area (Å²) in [5.41, 5.74) is 3.32. The van der Waals surface area contributed by atoms with Gasteiger partial charge in [0.2, 0.25) is 0 Å². The van der Waals surface area contributed by atoms with Gasteiger partial charge < -0.3 is 27.1 Å². The van der Waals surface area contributed by atoms with Gasteiger partial charge in [-0.2, -0.15) is 0 Å².